The van der Waals surface area contributed by atoms with E-state index in [0.29, 0.717) is 6.61 Å². The van der Waals surface area contributed by atoms with Gasteiger partial charge in [0.2, 0.25) is 0 Å². The predicted molar refractivity (Wildman–Crippen MR) is 75.1 cm³/mol. The minimum atomic E-state index is -0.587. The molecule has 0 aromatic rings. The molecule has 4 nitrogen and oxygen atoms in total. The molecule has 0 bridgehead atoms. The van der Waals surface area contributed by atoms with E-state index in [1.54, 1.807) is 0 Å². The third-order valence-corrected chi connectivity index (χ3v) is 2.18. The van der Waals surface area contributed by atoms with E-state index in [-0.39, 0.29) is 41.0 Å². The molecule has 0 unspecified atom stereocenters. The number of ether oxygens (including phenoxy) is 2. The molecule has 0 rings (SSSR count). The molecule has 0 aromatic carbocycles. The Kier molecular flexibility index (Phi) is 12.5. The van der Waals surface area contributed by atoms with Crippen LogP contribution in [0, 0.1) is 0 Å². The summed E-state index contributed by atoms with van der Waals surface area (Å²) in [6, 6.07) is 0. The Morgan fingerprint density at radius 2 is 1.78 bits per heavy atom. The molecule has 6 heteroatoms. The quantitative estimate of drug-likeness (QED) is 0.151. The van der Waals surface area contributed by atoms with Crippen LogP contribution < -0.4 is 29.6 Å². The van der Waals surface area contributed by atoms with Gasteiger partial charge >= 0.3 is 41.5 Å². The fourth-order valence-corrected chi connectivity index (χ4v) is 0.988. The molecule has 18 heavy (non-hydrogen) atoms. The summed E-state index contributed by atoms with van der Waals surface area (Å²) in [6.07, 6.45) is 4.31. The first kappa shape index (κ1) is 20.5. The largest absolute Gasteiger partial charge is 1.00 e. The van der Waals surface area contributed by atoms with E-state index in [1.165, 1.54) is 6.08 Å². The number of hydrogen-bond acceptors (Lipinski definition) is 4. The number of rotatable bonds is 7. The first-order valence-electron chi connectivity index (χ1n) is 5.16. The topological polar surface area (TPSA) is 52.6 Å². The van der Waals surface area contributed by atoms with Gasteiger partial charge in [-0.25, -0.2) is 9.59 Å². The van der Waals surface area contributed by atoms with E-state index < -0.39 is 11.9 Å². The summed E-state index contributed by atoms with van der Waals surface area (Å²) in [6.45, 7) is 7.95. The molecule has 0 aliphatic carbocycles. The van der Waals surface area contributed by atoms with Crippen molar-refractivity contribution in [2.24, 2.45) is 0 Å². The molecule has 0 radical (unpaired) electrons. The van der Waals surface area contributed by atoms with Gasteiger partial charge in [0.05, 0.1) is 6.61 Å². The van der Waals surface area contributed by atoms with Crippen LogP contribution in [0.1, 0.15) is 21.7 Å². The molecule has 0 aromatic heterocycles. The Bertz CT molecular complexity index is 313. The molecule has 98 valence electrons. The van der Waals surface area contributed by atoms with Crippen LogP contribution in [-0.4, -0.2) is 28.6 Å². The zero-order chi connectivity index (χ0) is 13.3. The fraction of sp³-hybridized carbons (Fsp3) is 0.500. The second-order valence-corrected chi connectivity index (χ2v) is 6.81. The van der Waals surface area contributed by atoms with Crippen molar-refractivity contribution in [1.82, 2.24) is 0 Å². The van der Waals surface area contributed by atoms with Crippen molar-refractivity contribution < 1.29 is 50.0 Å². The Morgan fingerprint density at radius 3 is 2.22 bits per heavy atom. The van der Waals surface area contributed by atoms with E-state index in [2.05, 4.69) is 33.9 Å². The van der Waals surface area contributed by atoms with Gasteiger partial charge in [0, 0.05) is 15.6 Å². The summed E-state index contributed by atoms with van der Waals surface area (Å²) in [7, 11) is 0. The number of halogens is 1. The summed E-state index contributed by atoms with van der Waals surface area (Å²) in [4.78, 5) is 22.1. The van der Waals surface area contributed by atoms with Crippen molar-refractivity contribution in [2.75, 3.05) is 13.2 Å². The van der Waals surface area contributed by atoms with Gasteiger partial charge in [-0.2, -0.15) is 0 Å². The molecule has 0 N–H and O–H groups in total. The third kappa shape index (κ3) is 14.2. The van der Waals surface area contributed by atoms with E-state index >= 15 is 0 Å². The average Bonchev–Trinajstić information content (AvgIpc) is 2.21. The van der Waals surface area contributed by atoms with Gasteiger partial charge in [0.1, 0.15) is 6.61 Å². The van der Waals surface area contributed by atoms with Crippen LogP contribution in [0.25, 0.3) is 0 Å². The van der Waals surface area contributed by atoms with Crippen LogP contribution in [0.2, 0.25) is 0 Å². The molecular formula is C12H18INaO4. The van der Waals surface area contributed by atoms with Gasteiger partial charge in [-0.1, -0.05) is 49.1 Å². The van der Waals surface area contributed by atoms with Crippen LogP contribution in [0.4, 0.5) is 0 Å². The SMILES string of the molecule is C=CCOC(=O)/C=C\C(=O)OCCC(C)(C)I.[H-].[Na+]. The van der Waals surface area contributed by atoms with Gasteiger partial charge < -0.3 is 10.9 Å². The second kappa shape index (κ2) is 11.0. The summed E-state index contributed by atoms with van der Waals surface area (Å²) >= 11 is 2.28. The van der Waals surface area contributed by atoms with E-state index in [9.17, 15) is 9.59 Å². The summed E-state index contributed by atoms with van der Waals surface area (Å²) in [5, 5.41) is 0. The van der Waals surface area contributed by atoms with Gasteiger partial charge in [0.15, 0.2) is 0 Å². The molecule has 0 amide bonds. The van der Waals surface area contributed by atoms with E-state index in [0.717, 1.165) is 18.6 Å². The zero-order valence-electron chi connectivity index (χ0n) is 12.1. The van der Waals surface area contributed by atoms with E-state index in [1.807, 2.05) is 13.8 Å². The van der Waals surface area contributed by atoms with Crippen molar-refractivity contribution in [1.29, 1.82) is 0 Å². The second-order valence-electron chi connectivity index (χ2n) is 3.89. The van der Waals surface area contributed by atoms with Gasteiger partial charge in [-0.3, -0.25) is 0 Å². The summed E-state index contributed by atoms with van der Waals surface area (Å²) < 4.78 is 9.65. The molecule has 0 atom stereocenters. The predicted octanol–water partition coefficient (Wildman–Crippen LogP) is -0.465. The molecule has 0 aliphatic heterocycles. The fourth-order valence-electron chi connectivity index (χ4n) is 0.768. The summed E-state index contributed by atoms with van der Waals surface area (Å²) in [5.41, 5.74) is 0. The molecule has 0 saturated heterocycles. The van der Waals surface area contributed by atoms with Crippen molar-refractivity contribution in [3.05, 3.63) is 24.8 Å². The first-order chi connectivity index (χ1) is 7.85. The molecule has 0 aliphatic rings. The average molecular weight is 376 g/mol. The maximum Gasteiger partial charge on any atom is 1.00 e. The van der Waals surface area contributed by atoms with Crippen LogP contribution in [0.3, 0.4) is 0 Å². The maximum absolute atomic E-state index is 11.2. The Morgan fingerprint density at radius 1 is 1.28 bits per heavy atom. The van der Waals surface area contributed by atoms with Crippen molar-refractivity contribution in [3.63, 3.8) is 0 Å². The van der Waals surface area contributed by atoms with Crippen LogP contribution in [-0.2, 0) is 19.1 Å². The third-order valence-electron chi connectivity index (χ3n) is 1.64. The minimum absolute atomic E-state index is 0. The van der Waals surface area contributed by atoms with Crippen molar-refractivity contribution in [2.45, 2.75) is 23.7 Å². The number of carbonyl (C=O) groups is 2. The molecular weight excluding hydrogens is 358 g/mol. The standard InChI is InChI=1S/C12H17IO4.Na.H/c1-4-8-16-10(14)5-6-11(15)17-9-7-12(2,3)13;;/h4-6H,1,7-9H2,2-3H3;;/q;+1;-1/b6-5-;;. The molecule has 0 spiro atoms. The zero-order valence-corrected chi connectivity index (χ0v) is 15.2. The summed E-state index contributed by atoms with van der Waals surface area (Å²) in [5.74, 6) is -1.13. The Hall–Kier alpha value is 0.150. The number of esters is 2. The van der Waals surface area contributed by atoms with Crippen LogP contribution in [0.15, 0.2) is 24.8 Å². The number of carbonyl (C=O) groups excluding carboxylic acids is 2. The molecule has 0 heterocycles. The van der Waals surface area contributed by atoms with Crippen molar-refractivity contribution >= 4 is 34.5 Å². The smallest absolute Gasteiger partial charge is 1.00 e. The normalized spacial score (nSPS) is 10.6. The van der Waals surface area contributed by atoms with Crippen LogP contribution >= 0.6 is 22.6 Å². The number of hydrogen-bond donors (Lipinski definition) is 0. The monoisotopic (exact) mass is 376 g/mol. The Balaban J connectivity index is -0.00000128. The van der Waals surface area contributed by atoms with E-state index in [4.69, 9.17) is 4.74 Å². The number of alkyl halides is 1. The van der Waals surface area contributed by atoms with Gasteiger partial charge in [-0.05, 0) is 6.42 Å². The molecule has 0 saturated carbocycles. The van der Waals surface area contributed by atoms with Gasteiger partial charge in [-0.15, -0.1) is 0 Å². The van der Waals surface area contributed by atoms with Crippen molar-refractivity contribution in [3.8, 4) is 0 Å². The maximum atomic E-state index is 11.2. The first-order valence-corrected chi connectivity index (χ1v) is 6.24. The minimum Gasteiger partial charge on any atom is -1.00 e. The van der Waals surface area contributed by atoms with Crippen LogP contribution in [0.5, 0.6) is 0 Å². The Labute approximate surface area is 145 Å². The molecule has 0 fully saturated rings. The van der Waals surface area contributed by atoms with Gasteiger partial charge in [0.25, 0.3) is 0 Å².